The number of nitrogens with zero attached hydrogens (tertiary/aromatic N) is 2. The number of hydrogen-bond donors (Lipinski definition) is 3. The highest BCUT2D eigenvalue weighted by Crippen LogP contribution is 2.15. The van der Waals surface area contributed by atoms with Crippen molar-refractivity contribution in [1.82, 2.24) is 15.6 Å². The van der Waals surface area contributed by atoms with Crippen LogP contribution in [0.5, 0.6) is 0 Å². The smallest absolute Gasteiger partial charge is 0.227 e. The molecule has 3 N–H and O–H groups in total. The fourth-order valence-electron chi connectivity index (χ4n) is 2.25. The molecule has 0 atom stereocenters. The van der Waals surface area contributed by atoms with Gasteiger partial charge in [0.05, 0.1) is 6.54 Å². The molecule has 0 aliphatic heterocycles. The summed E-state index contributed by atoms with van der Waals surface area (Å²) < 4.78 is 0. The zero-order chi connectivity index (χ0) is 18.8. The van der Waals surface area contributed by atoms with Gasteiger partial charge in [-0.3, -0.25) is 4.79 Å². The molecule has 0 saturated heterocycles. The maximum atomic E-state index is 12.0. The number of rotatable bonds is 7. The molecule has 0 radical (unpaired) electrons. The summed E-state index contributed by atoms with van der Waals surface area (Å²) in [6.45, 7) is 5.53. The van der Waals surface area contributed by atoms with Gasteiger partial charge in [0.1, 0.15) is 5.82 Å². The van der Waals surface area contributed by atoms with Gasteiger partial charge in [-0.05, 0) is 37.6 Å². The third-order valence-electron chi connectivity index (χ3n) is 3.51. The number of nitrogens with one attached hydrogen (secondary N) is 3. The Morgan fingerprint density at radius 3 is 2.63 bits per heavy atom. The highest BCUT2D eigenvalue weighted by atomic mass is 127. The summed E-state index contributed by atoms with van der Waals surface area (Å²) in [5.74, 6) is 1.11. The van der Waals surface area contributed by atoms with Gasteiger partial charge in [-0.2, -0.15) is 0 Å². The standard InChI is InChI=1S/C19H24ClN5O.HI/c1-3-21-19(23-13-15-8-4-5-9-16(15)20)22-12-11-18(26)25-17-10-6-7-14(2)24-17;/h4-10H,3,11-13H2,1-2H3,(H2,21,22,23)(H,24,25,26);1H. The van der Waals surface area contributed by atoms with Crippen LogP contribution < -0.4 is 16.0 Å². The number of carbonyl (C=O) groups is 1. The first-order chi connectivity index (χ1) is 12.6. The van der Waals surface area contributed by atoms with E-state index in [0.717, 1.165) is 17.8 Å². The quantitative estimate of drug-likeness (QED) is 0.307. The van der Waals surface area contributed by atoms with Crippen molar-refractivity contribution in [2.24, 2.45) is 4.99 Å². The van der Waals surface area contributed by atoms with E-state index >= 15 is 0 Å². The highest BCUT2D eigenvalue weighted by molar-refractivity contribution is 14.0. The van der Waals surface area contributed by atoms with E-state index < -0.39 is 0 Å². The highest BCUT2D eigenvalue weighted by Gasteiger charge is 2.05. The molecule has 0 aliphatic rings. The Labute approximate surface area is 182 Å². The van der Waals surface area contributed by atoms with Crippen molar-refractivity contribution in [2.45, 2.75) is 26.8 Å². The first-order valence-electron chi connectivity index (χ1n) is 8.57. The Kier molecular flexibility index (Phi) is 10.7. The summed E-state index contributed by atoms with van der Waals surface area (Å²) in [6, 6.07) is 13.1. The lowest BCUT2D eigenvalue weighted by atomic mass is 10.2. The molecular formula is C19H25ClIN5O. The summed E-state index contributed by atoms with van der Waals surface area (Å²) in [6.07, 6.45) is 0.312. The molecule has 1 amide bonds. The topological polar surface area (TPSA) is 78.4 Å². The predicted octanol–water partition coefficient (Wildman–Crippen LogP) is 3.75. The van der Waals surface area contributed by atoms with E-state index in [1.54, 1.807) is 6.07 Å². The lowest BCUT2D eigenvalue weighted by molar-refractivity contribution is -0.116. The van der Waals surface area contributed by atoms with Crippen LogP contribution in [0.25, 0.3) is 0 Å². The van der Waals surface area contributed by atoms with Crippen molar-refractivity contribution in [1.29, 1.82) is 0 Å². The van der Waals surface area contributed by atoms with Gasteiger partial charge in [0.25, 0.3) is 0 Å². The van der Waals surface area contributed by atoms with Gasteiger partial charge in [0.2, 0.25) is 5.91 Å². The maximum Gasteiger partial charge on any atom is 0.227 e. The largest absolute Gasteiger partial charge is 0.357 e. The summed E-state index contributed by atoms with van der Waals surface area (Å²) in [5, 5.41) is 9.79. The molecule has 6 nitrogen and oxygen atoms in total. The molecular weight excluding hydrogens is 477 g/mol. The molecule has 8 heteroatoms. The van der Waals surface area contributed by atoms with Crippen molar-refractivity contribution in [3.63, 3.8) is 0 Å². The minimum atomic E-state index is -0.0995. The van der Waals surface area contributed by atoms with Crippen LogP contribution in [0.4, 0.5) is 5.82 Å². The molecule has 0 unspecified atom stereocenters. The van der Waals surface area contributed by atoms with Crippen LogP contribution in [-0.2, 0) is 11.3 Å². The fraction of sp³-hybridized carbons (Fsp3) is 0.316. The van der Waals surface area contributed by atoms with Crippen molar-refractivity contribution < 1.29 is 4.79 Å². The summed E-state index contributed by atoms with van der Waals surface area (Å²) >= 11 is 6.15. The van der Waals surface area contributed by atoms with E-state index in [4.69, 9.17) is 11.6 Å². The molecule has 27 heavy (non-hydrogen) atoms. The molecule has 2 rings (SSSR count). The summed E-state index contributed by atoms with van der Waals surface area (Å²) in [5.41, 5.74) is 1.82. The van der Waals surface area contributed by atoms with E-state index in [2.05, 4.69) is 25.9 Å². The van der Waals surface area contributed by atoms with E-state index in [9.17, 15) is 4.79 Å². The monoisotopic (exact) mass is 501 g/mol. The predicted molar refractivity (Wildman–Crippen MR) is 122 cm³/mol. The molecule has 0 saturated carbocycles. The van der Waals surface area contributed by atoms with Gasteiger partial charge in [-0.1, -0.05) is 35.9 Å². The van der Waals surface area contributed by atoms with E-state index in [-0.39, 0.29) is 29.9 Å². The molecule has 0 spiro atoms. The van der Waals surface area contributed by atoms with Gasteiger partial charge < -0.3 is 16.0 Å². The van der Waals surface area contributed by atoms with Gasteiger partial charge in [0, 0.05) is 30.2 Å². The van der Waals surface area contributed by atoms with Gasteiger partial charge in [-0.25, -0.2) is 9.98 Å². The molecule has 1 aromatic carbocycles. The molecule has 2 aromatic rings. The number of aromatic nitrogens is 1. The second-order valence-electron chi connectivity index (χ2n) is 5.68. The lowest BCUT2D eigenvalue weighted by Gasteiger charge is -2.11. The zero-order valence-corrected chi connectivity index (χ0v) is 18.5. The Morgan fingerprint density at radius 1 is 1.15 bits per heavy atom. The third kappa shape index (κ3) is 8.57. The summed E-state index contributed by atoms with van der Waals surface area (Å²) in [7, 11) is 0. The number of halogens is 2. The van der Waals surface area contributed by atoms with Crippen LogP contribution in [0, 0.1) is 6.92 Å². The SMILES string of the molecule is CCNC(=NCc1ccccc1Cl)NCCC(=O)Nc1cccc(C)n1.I. The maximum absolute atomic E-state index is 12.0. The van der Waals surface area contributed by atoms with Crippen LogP contribution in [0.3, 0.4) is 0 Å². The van der Waals surface area contributed by atoms with Crippen LogP contribution in [-0.4, -0.2) is 29.9 Å². The van der Waals surface area contributed by atoms with Gasteiger partial charge in [0.15, 0.2) is 5.96 Å². The minimum absolute atomic E-state index is 0. The number of amides is 1. The third-order valence-corrected chi connectivity index (χ3v) is 3.88. The summed E-state index contributed by atoms with van der Waals surface area (Å²) in [4.78, 5) is 20.8. The molecule has 1 aromatic heterocycles. The molecule has 0 fully saturated rings. The average Bonchev–Trinajstić information content (AvgIpc) is 2.61. The molecule has 0 bridgehead atoms. The normalized spacial score (nSPS) is 10.7. The first-order valence-corrected chi connectivity index (χ1v) is 8.95. The van der Waals surface area contributed by atoms with Crippen LogP contribution >= 0.6 is 35.6 Å². The minimum Gasteiger partial charge on any atom is -0.357 e. The number of aryl methyl sites for hydroxylation is 1. The first kappa shape index (κ1) is 23.2. The van der Waals surface area contributed by atoms with Crippen molar-refractivity contribution in [2.75, 3.05) is 18.4 Å². The Bertz CT molecular complexity index is 769. The van der Waals surface area contributed by atoms with Crippen LogP contribution in [0.15, 0.2) is 47.5 Å². The number of aliphatic imine (C=N–C) groups is 1. The van der Waals surface area contributed by atoms with E-state index in [0.29, 0.717) is 36.3 Å². The Morgan fingerprint density at radius 2 is 1.93 bits per heavy atom. The number of hydrogen-bond acceptors (Lipinski definition) is 3. The van der Waals surface area contributed by atoms with Crippen molar-refractivity contribution in [3.05, 3.63) is 58.7 Å². The fourth-order valence-corrected chi connectivity index (χ4v) is 2.44. The molecule has 1 heterocycles. The number of anilines is 1. The zero-order valence-electron chi connectivity index (χ0n) is 15.5. The van der Waals surface area contributed by atoms with Crippen LogP contribution in [0.1, 0.15) is 24.6 Å². The lowest BCUT2D eigenvalue weighted by Crippen LogP contribution is -2.38. The Balaban J connectivity index is 0.00000364. The number of pyridine rings is 1. The second kappa shape index (κ2) is 12.5. The second-order valence-corrected chi connectivity index (χ2v) is 6.08. The number of benzene rings is 1. The van der Waals surface area contributed by atoms with E-state index in [1.165, 1.54) is 0 Å². The molecule has 146 valence electrons. The average molecular weight is 502 g/mol. The number of carbonyl (C=O) groups excluding carboxylic acids is 1. The number of guanidine groups is 1. The van der Waals surface area contributed by atoms with E-state index in [1.807, 2.05) is 50.2 Å². The van der Waals surface area contributed by atoms with Crippen LogP contribution in [0.2, 0.25) is 5.02 Å². The van der Waals surface area contributed by atoms with Crippen molar-refractivity contribution in [3.8, 4) is 0 Å². The molecule has 0 aliphatic carbocycles. The van der Waals surface area contributed by atoms with Gasteiger partial charge in [-0.15, -0.1) is 24.0 Å². The van der Waals surface area contributed by atoms with Gasteiger partial charge >= 0.3 is 0 Å². The Hall–Kier alpha value is -1.87. The van der Waals surface area contributed by atoms with Crippen molar-refractivity contribution >= 4 is 53.3 Å².